The Hall–Kier alpha value is -1.11. The SMILES string of the molecule is COc1ccc(N(C)c2ncc(CN)s2)cc1Br. The third kappa shape index (κ3) is 2.66. The summed E-state index contributed by atoms with van der Waals surface area (Å²) in [6.07, 6.45) is 1.81. The van der Waals surface area contributed by atoms with Crippen LogP contribution in [0.4, 0.5) is 10.8 Å². The summed E-state index contributed by atoms with van der Waals surface area (Å²) in [6.45, 7) is 0.526. The molecule has 4 nitrogen and oxygen atoms in total. The van der Waals surface area contributed by atoms with Crippen molar-refractivity contribution in [2.24, 2.45) is 5.73 Å². The molecule has 0 bridgehead atoms. The molecule has 0 unspecified atom stereocenters. The van der Waals surface area contributed by atoms with Crippen LogP contribution in [0.15, 0.2) is 28.9 Å². The van der Waals surface area contributed by atoms with E-state index in [4.69, 9.17) is 10.5 Å². The largest absolute Gasteiger partial charge is 0.496 e. The van der Waals surface area contributed by atoms with Crippen molar-refractivity contribution >= 4 is 38.1 Å². The minimum atomic E-state index is 0.526. The van der Waals surface area contributed by atoms with E-state index in [1.165, 1.54) is 0 Å². The highest BCUT2D eigenvalue weighted by molar-refractivity contribution is 9.10. The van der Waals surface area contributed by atoms with E-state index in [1.807, 2.05) is 36.3 Å². The lowest BCUT2D eigenvalue weighted by molar-refractivity contribution is 0.412. The average molecular weight is 328 g/mol. The van der Waals surface area contributed by atoms with Crippen molar-refractivity contribution in [2.45, 2.75) is 6.54 Å². The number of ether oxygens (including phenoxy) is 1. The first kappa shape index (κ1) is 13.3. The Morgan fingerprint density at radius 2 is 2.28 bits per heavy atom. The summed E-state index contributed by atoms with van der Waals surface area (Å²) in [5.74, 6) is 0.814. The molecule has 1 heterocycles. The second kappa shape index (κ2) is 5.69. The van der Waals surface area contributed by atoms with Crippen LogP contribution in [-0.2, 0) is 6.54 Å². The first-order valence-electron chi connectivity index (χ1n) is 5.37. The number of rotatable bonds is 4. The monoisotopic (exact) mass is 327 g/mol. The maximum Gasteiger partial charge on any atom is 0.189 e. The predicted octanol–water partition coefficient (Wildman–Crippen LogP) is 3.14. The Balaban J connectivity index is 2.27. The molecule has 1 aromatic heterocycles. The van der Waals surface area contributed by atoms with Gasteiger partial charge in [0.1, 0.15) is 5.75 Å². The molecule has 0 radical (unpaired) electrons. The molecule has 0 saturated heterocycles. The van der Waals surface area contributed by atoms with Gasteiger partial charge in [-0.2, -0.15) is 0 Å². The lowest BCUT2D eigenvalue weighted by Crippen LogP contribution is -2.08. The third-order valence-electron chi connectivity index (χ3n) is 2.55. The smallest absolute Gasteiger partial charge is 0.189 e. The molecule has 0 amide bonds. The summed E-state index contributed by atoms with van der Waals surface area (Å²) in [6, 6.07) is 5.92. The third-order valence-corrected chi connectivity index (χ3v) is 4.27. The van der Waals surface area contributed by atoms with E-state index >= 15 is 0 Å². The summed E-state index contributed by atoms with van der Waals surface area (Å²) in [7, 11) is 3.63. The summed E-state index contributed by atoms with van der Waals surface area (Å²) in [4.78, 5) is 7.45. The van der Waals surface area contributed by atoms with Gasteiger partial charge in [-0.25, -0.2) is 4.98 Å². The van der Waals surface area contributed by atoms with E-state index in [0.717, 1.165) is 25.9 Å². The van der Waals surface area contributed by atoms with Gasteiger partial charge in [-0.3, -0.25) is 0 Å². The molecule has 0 spiro atoms. The van der Waals surface area contributed by atoms with Crippen molar-refractivity contribution in [3.8, 4) is 5.75 Å². The minimum absolute atomic E-state index is 0.526. The van der Waals surface area contributed by atoms with Crippen molar-refractivity contribution in [2.75, 3.05) is 19.1 Å². The molecule has 0 atom stereocenters. The van der Waals surface area contributed by atoms with E-state index in [1.54, 1.807) is 18.4 Å². The van der Waals surface area contributed by atoms with Crippen LogP contribution in [0.2, 0.25) is 0 Å². The zero-order valence-electron chi connectivity index (χ0n) is 10.2. The van der Waals surface area contributed by atoms with Crippen LogP contribution < -0.4 is 15.4 Å². The number of nitrogens with zero attached hydrogens (tertiary/aromatic N) is 2. The Bertz CT molecular complexity index is 544. The zero-order chi connectivity index (χ0) is 13.1. The van der Waals surface area contributed by atoms with Gasteiger partial charge in [-0.1, -0.05) is 0 Å². The van der Waals surface area contributed by atoms with E-state index in [-0.39, 0.29) is 0 Å². The number of halogens is 1. The molecule has 18 heavy (non-hydrogen) atoms. The fourth-order valence-corrected chi connectivity index (χ4v) is 2.82. The fraction of sp³-hybridized carbons (Fsp3) is 0.250. The van der Waals surface area contributed by atoms with Gasteiger partial charge in [0.15, 0.2) is 5.13 Å². The van der Waals surface area contributed by atoms with E-state index in [2.05, 4.69) is 20.9 Å². The molecular formula is C12H14BrN3OS. The standard InChI is InChI=1S/C12H14BrN3OS/c1-16(12-15-7-9(6-14)18-12)8-3-4-11(17-2)10(13)5-8/h3-5,7H,6,14H2,1-2H3. The predicted molar refractivity (Wildman–Crippen MR) is 78.8 cm³/mol. The van der Waals surface area contributed by atoms with Gasteiger partial charge in [0.05, 0.1) is 11.6 Å². The van der Waals surface area contributed by atoms with Crippen molar-refractivity contribution in [3.63, 3.8) is 0 Å². The average Bonchev–Trinajstić information content (AvgIpc) is 2.86. The highest BCUT2D eigenvalue weighted by Gasteiger charge is 2.10. The van der Waals surface area contributed by atoms with Gasteiger partial charge in [0.2, 0.25) is 0 Å². The van der Waals surface area contributed by atoms with E-state index in [9.17, 15) is 0 Å². The molecule has 6 heteroatoms. The quantitative estimate of drug-likeness (QED) is 0.937. The van der Waals surface area contributed by atoms with Crippen LogP contribution in [0.3, 0.4) is 0 Å². The summed E-state index contributed by atoms with van der Waals surface area (Å²) in [5, 5.41) is 0.924. The molecule has 96 valence electrons. The number of aromatic nitrogens is 1. The van der Waals surface area contributed by atoms with Gasteiger partial charge in [-0.15, -0.1) is 11.3 Å². The maximum absolute atomic E-state index is 5.59. The van der Waals surface area contributed by atoms with Crippen molar-refractivity contribution < 1.29 is 4.74 Å². The number of hydrogen-bond acceptors (Lipinski definition) is 5. The molecule has 0 saturated carbocycles. The number of methoxy groups -OCH3 is 1. The van der Waals surface area contributed by atoms with Gasteiger partial charge in [-0.05, 0) is 34.1 Å². The topological polar surface area (TPSA) is 51.4 Å². The number of benzene rings is 1. The summed E-state index contributed by atoms with van der Waals surface area (Å²) < 4.78 is 6.13. The molecule has 1 aromatic carbocycles. The van der Waals surface area contributed by atoms with Crippen LogP contribution in [-0.4, -0.2) is 19.1 Å². The van der Waals surface area contributed by atoms with Crippen molar-refractivity contribution in [1.29, 1.82) is 0 Å². The van der Waals surface area contributed by atoms with Crippen LogP contribution >= 0.6 is 27.3 Å². The van der Waals surface area contributed by atoms with Gasteiger partial charge >= 0.3 is 0 Å². The van der Waals surface area contributed by atoms with Crippen LogP contribution in [0.5, 0.6) is 5.75 Å². The number of thiazole rings is 1. The Kier molecular flexibility index (Phi) is 4.21. The normalized spacial score (nSPS) is 10.4. The van der Waals surface area contributed by atoms with Crippen LogP contribution in [0, 0.1) is 0 Å². The number of anilines is 2. The second-order valence-corrected chi connectivity index (χ2v) is 5.64. The Labute approximate surface area is 119 Å². The molecule has 2 N–H and O–H groups in total. The van der Waals surface area contributed by atoms with Crippen molar-refractivity contribution in [1.82, 2.24) is 4.98 Å². The number of nitrogens with two attached hydrogens (primary N) is 1. The second-order valence-electron chi connectivity index (χ2n) is 3.69. The van der Waals surface area contributed by atoms with Crippen LogP contribution in [0.1, 0.15) is 4.88 Å². The molecule has 0 aliphatic carbocycles. The minimum Gasteiger partial charge on any atom is -0.496 e. The molecular weight excluding hydrogens is 314 g/mol. The first-order chi connectivity index (χ1) is 8.65. The Morgan fingerprint density at radius 3 is 2.83 bits per heavy atom. The summed E-state index contributed by atoms with van der Waals surface area (Å²) in [5.41, 5.74) is 6.63. The molecule has 0 fully saturated rings. The highest BCUT2D eigenvalue weighted by atomic mass is 79.9. The Morgan fingerprint density at radius 1 is 1.50 bits per heavy atom. The fourth-order valence-electron chi connectivity index (χ4n) is 1.52. The summed E-state index contributed by atoms with van der Waals surface area (Å²) >= 11 is 5.07. The van der Waals surface area contributed by atoms with E-state index < -0.39 is 0 Å². The van der Waals surface area contributed by atoms with Crippen LogP contribution in [0.25, 0.3) is 0 Å². The highest BCUT2D eigenvalue weighted by Crippen LogP contribution is 2.33. The lowest BCUT2D eigenvalue weighted by Gasteiger charge is -2.17. The molecule has 0 aliphatic rings. The lowest BCUT2D eigenvalue weighted by atomic mass is 10.3. The number of hydrogen-bond donors (Lipinski definition) is 1. The first-order valence-corrected chi connectivity index (χ1v) is 6.98. The van der Waals surface area contributed by atoms with Gasteiger partial charge in [0, 0.05) is 30.4 Å². The van der Waals surface area contributed by atoms with Gasteiger partial charge < -0.3 is 15.4 Å². The van der Waals surface area contributed by atoms with Gasteiger partial charge in [0.25, 0.3) is 0 Å². The maximum atomic E-state index is 5.59. The molecule has 2 rings (SSSR count). The zero-order valence-corrected chi connectivity index (χ0v) is 12.6. The van der Waals surface area contributed by atoms with Crippen molar-refractivity contribution in [3.05, 3.63) is 33.7 Å². The molecule has 2 aromatic rings. The van der Waals surface area contributed by atoms with E-state index in [0.29, 0.717) is 6.54 Å². The molecule has 0 aliphatic heterocycles.